The monoisotopic (exact) mass is 224 g/mol. The summed E-state index contributed by atoms with van der Waals surface area (Å²) < 4.78 is 0. The molecule has 0 atom stereocenters. The average molecular weight is 224 g/mol. The van der Waals surface area contributed by atoms with Gasteiger partial charge in [-0.1, -0.05) is 53.4 Å². The highest BCUT2D eigenvalue weighted by atomic mass is 16.1. The minimum absolute atomic E-state index is 0.116. The maximum absolute atomic E-state index is 12.3. The molecule has 0 unspecified atom stereocenters. The lowest BCUT2D eigenvalue weighted by Gasteiger charge is -2.31. The van der Waals surface area contributed by atoms with Crippen molar-refractivity contribution in [2.45, 2.75) is 79.1 Å². The van der Waals surface area contributed by atoms with E-state index in [0.29, 0.717) is 11.2 Å². The molecule has 0 aromatic carbocycles. The second kappa shape index (κ2) is 5.33. The predicted octanol–water partition coefficient (Wildman–Crippen LogP) is 4.74. The first-order chi connectivity index (χ1) is 7.40. The molecule has 0 aliphatic heterocycles. The molecule has 94 valence electrons. The number of carbonyl (C=O) groups excluding carboxylic acids is 1. The molecule has 1 aliphatic rings. The molecule has 16 heavy (non-hydrogen) atoms. The molecule has 0 amide bonds. The van der Waals surface area contributed by atoms with Crippen molar-refractivity contribution >= 4 is 5.78 Å². The van der Waals surface area contributed by atoms with Gasteiger partial charge in [0, 0.05) is 11.8 Å². The molecule has 0 heterocycles. The standard InChI is InChI=1S/C15H28O/c1-5-14(2,3)13(16)12-15(4)10-8-6-7-9-11-15/h5-12H2,1-4H3. The molecule has 1 fully saturated rings. The van der Waals surface area contributed by atoms with E-state index < -0.39 is 0 Å². The van der Waals surface area contributed by atoms with Crippen LogP contribution >= 0.6 is 0 Å². The molecule has 1 heteroatoms. The Morgan fingerprint density at radius 3 is 2.06 bits per heavy atom. The van der Waals surface area contributed by atoms with Gasteiger partial charge in [-0.3, -0.25) is 4.79 Å². The Labute approximate surface area is 101 Å². The van der Waals surface area contributed by atoms with Crippen molar-refractivity contribution in [1.29, 1.82) is 0 Å². The van der Waals surface area contributed by atoms with Crippen LogP contribution in [0, 0.1) is 10.8 Å². The fourth-order valence-corrected chi connectivity index (χ4v) is 2.58. The Bertz CT molecular complexity index is 232. The van der Waals surface area contributed by atoms with E-state index in [-0.39, 0.29) is 5.41 Å². The topological polar surface area (TPSA) is 17.1 Å². The molecule has 0 aromatic rings. The first-order valence-electron chi connectivity index (χ1n) is 6.93. The van der Waals surface area contributed by atoms with Gasteiger partial charge in [-0.2, -0.15) is 0 Å². The fourth-order valence-electron chi connectivity index (χ4n) is 2.58. The molecule has 0 radical (unpaired) electrons. The Morgan fingerprint density at radius 2 is 1.62 bits per heavy atom. The summed E-state index contributed by atoms with van der Waals surface area (Å²) in [6, 6.07) is 0. The van der Waals surface area contributed by atoms with E-state index in [1.54, 1.807) is 0 Å². The minimum atomic E-state index is -0.116. The number of Topliss-reactive ketones (excluding diaryl/α,β-unsaturated/α-hetero) is 1. The third-order valence-electron chi connectivity index (χ3n) is 4.54. The zero-order valence-electron chi connectivity index (χ0n) is 11.6. The van der Waals surface area contributed by atoms with Crippen LogP contribution in [0.25, 0.3) is 0 Å². The van der Waals surface area contributed by atoms with Crippen molar-refractivity contribution in [2.24, 2.45) is 10.8 Å². The van der Waals surface area contributed by atoms with Gasteiger partial charge in [0.05, 0.1) is 0 Å². The van der Waals surface area contributed by atoms with Crippen LogP contribution in [0.4, 0.5) is 0 Å². The molecular weight excluding hydrogens is 196 g/mol. The summed E-state index contributed by atoms with van der Waals surface area (Å²) in [4.78, 5) is 12.3. The molecule has 0 saturated heterocycles. The van der Waals surface area contributed by atoms with Crippen LogP contribution in [0.2, 0.25) is 0 Å². The van der Waals surface area contributed by atoms with E-state index in [1.807, 2.05) is 0 Å². The summed E-state index contributed by atoms with van der Waals surface area (Å²) in [6.07, 6.45) is 9.61. The van der Waals surface area contributed by atoms with Crippen molar-refractivity contribution in [3.05, 3.63) is 0 Å². The Hall–Kier alpha value is -0.330. The summed E-state index contributed by atoms with van der Waals surface area (Å²) in [5.74, 6) is 0.472. The normalized spacial score (nSPS) is 21.5. The highest BCUT2D eigenvalue weighted by Gasteiger charge is 2.33. The SMILES string of the molecule is CCC(C)(C)C(=O)CC1(C)CCCCCC1. The van der Waals surface area contributed by atoms with Crippen molar-refractivity contribution < 1.29 is 4.79 Å². The third-order valence-corrected chi connectivity index (χ3v) is 4.54. The summed E-state index contributed by atoms with van der Waals surface area (Å²) in [5.41, 5.74) is 0.176. The van der Waals surface area contributed by atoms with E-state index in [4.69, 9.17) is 0 Å². The maximum Gasteiger partial charge on any atom is 0.139 e. The Morgan fingerprint density at radius 1 is 1.12 bits per heavy atom. The first-order valence-corrected chi connectivity index (χ1v) is 6.93. The summed E-state index contributed by atoms with van der Waals surface area (Å²) >= 11 is 0. The molecule has 0 bridgehead atoms. The van der Waals surface area contributed by atoms with Gasteiger partial charge >= 0.3 is 0 Å². The van der Waals surface area contributed by atoms with E-state index in [9.17, 15) is 4.79 Å². The van der Waals surface area contributed by atoms with Crippen LogP contribution in [-0.4, -0.2) is 5.78 Å². The quantitative estimate of drug-likeness (QED) is 0.630. The molecule has 1 aliphatic carbocycles. The minimum Gasteiger partial charge on any atom is -0.299 e. The van der Waals surface area contributed by atoms with Crippen LogP contribution in [0.3, 0.4) is 0 Å². The highest BCUT2D eigenvalue weighted by molar-refractivity contribution is 5.84. The third kappa shape index (κ3) is 3.61. The van der Waals surface area contributed by atoms with Gasteiger partial charge in [-0.05, 0) is 24.7 Å². The number of carbonyl (C=O) groups is 1. The molecule has 0 N–H and O–H groups in total. The molecule has 1 rings (SSSR count). The lowest BCUT2D eigenvalue weighted by molar-refractivity contribution is -0.129. The molecular formula is C15H28O. The second-order valence-corrected chi connectivity index (χ2v) is 6.56. The Kier molecular flexibility index (Phi) is 4.58. The van der Waals surface area contributed by atoms with Gasteiger partial charge in [-0.15, -0.1) is 0 Å². The second-order valence-electron chi connectivity index (χ2n) is 6.56. The smallest absolute Gasteiger partial charge is 0.139 e. The maximum atomic E-state index is 12.3. The van der Waals surface area contributed by atoms with Gasteiger partial charge in [0.2, 0.25) is 0 Å². The first kappa shape index (κ1) is 13.7. The van der Waals surface area contributed by atoms with E-state index >= 15 is 0 Å². The van der Waals surface area contributed by atoms with Crippen LogP contribution in [0.15, 0.2) is 0 Å². The van der Waals surface area contributed by atoms with Gasteiger partial charge in [0.25, 0.3) is 0 Å². The van der Waals surface area contributed by atoms with Gasteiger partial charge < -0.3 is 0 Å². The van der Waals surface area contributed by atoms with Gasteiger partial charge in [-0.25, -0.2) is 0 Å². The molecule has 1 saturated carbocycles. The van der Waals surface area contributed by atoms with Crippen LogP contribution in [0.1, 0.15) is 79.1 Å². The lowest BCUT2D eigenvalue weighted by Crippen LogP contribution is -2.30. The van der Waals surface area contributed by atoms with Crippen molar-refractivity contribution in [3.8, 4) is 0 Å². The summed E-state index contributed by atoms with van der Waals surface area (Å²) in [6.45, 7) is 8.63. The fraction of sp³-hybridized carbons (Fsp3) is 0.933. The van der Waals surface area contributed by atoms with E-state index in [0.717, 1.165) is 12.8 Å². The summed E-state index contributed by atoms with van der Waals surface area (Å²) in [5, 5.41) is 0. The molecule has 0 aromatic heterocycles. The highest BCUT2D eigenvalue weighted by Crippen LogP contribution is 2.40. The molecule has 1 nitrogen and oxygen atoms in total. The number of hydrogen-bond acceptors (Lipinski definition) is 1. The zero-order chi connectivity index (χ0) is 12.2. The Balaban J connectivity index is 2.60. The van der Waals surface area contributed by atoms with Crippen molar-refractivity contribution in [2.75, 3.05) is 0 Å². The van der Waals surface area contributed by atoms with Gasteiger partial charge in [0.15, 0.2) is 0 Å². The van der Waals surface area contributed by atoms with Crippen molar-refractivity contribution in [1.82, 2.24) is 0 Å². The van der Waals surface area contributed by atoms with E-state index in [1.165, 1.54) is 38.5 Å². The summed E-state index contributed by atoms with van der Waals surface area (Å²) in [7, 11) is 0. The van der Waals surface area contributed by atoms with Crippen molar-refractivity contribution in [3.63, 3.8) is 0 Å². The number of rotatable bonds is 4. The zero-order valence-corrected chi connectivity index (χ0v) is 11.6. The van der Waals surface area contributed by atoms with Crippen LogP contribution < -0.4 is 0 Å². The largest absolute Gasteiger partial charge is 0.299 e. The number of ketones is 1. The van der Waals surface area contributed by atoms with Gasteiger partial charge in [0.1, 0.15) is 5.78 Å². The van der Waals surface area contributed by atoms with Crippen LogP contribution in [0.5, 0.6) is 0 Å². The molecule has 0 spiro atoms. The average Bonchev–Trinajstić information content (AvgIpc) is 2.43. The number of hydrogen-bond donors (Lipinski definition) is 0. The predicted molar refractivity (Wildman–Crippen MR) is 69.5 cm³/mol. The van der Waals surface area contributed by atoms with E-state index in [2.05, 4.69) is 27.7 Å². The van der Waals surface area contributed by atoms with Crippen LogP contribution in [-0.2, 0) is 4.79 Å². The lowest BCUT2D eigenvalue weighted by atomic mass is 9.72.